The molecule has 0 spiro atoms. The summed E-state index contributed by atoms with van der Waals surface area (Å²) < 4.78 is 10.9. The lowest BCUT2D eigenvalue weighted by molar-refractivity contribution is 0.0231. The normalized spacial score (nSPS) is 11.0. The zero-order valence-corrected chi connectivity index (χ0v) is 14.4. The van der Waals surface area contributed by atoms with E-state index in [-0.39, 0.29) is 6.54 Å². The first-order valence-corrected chi connectivity index (χ1v) is 7.84. The maximum absolute atomic E-state index is 11.8. The van der Waals surface area contributed by atoms with Crippen molar-refractivity contribution in [2.75, 3.05) is 0 Å². The van der Waals surface area contributed by atoms with Crippen molar-refractivity contribution in [1.29, 1.82) is 0 Å². The van der Waals surface area contributed by atoms with E-state index < -0.39 is 11.7 Å². The van der Waals surface area contributed by atoms with Crippen LogP contribution in [0.5, 0.6) is 5.75 Å². The fourth-order valence-corrected chi connectivity index (χ4v) is 2.01. The van der Waals surface area contributed by atoms with Gasteiger partial charge in [-0.1, -0.05) is 42.5 Å². The molecule has 0 aliphatic heterocycles. The van der Waals surface area contributed by atoms with Gasteiger partial charge in [-0.3, -0.25) is 0 Å². The van der Waals surface area contributed by atoms with Crippen molar-refractivity contribution < 1.29 is 14.3 Å². The van der Waals surface area contributed by atoms with E-state index in [0.717, 1.165) is 21.9 Å². The van der Waals surface area contributed by atoms with Gasteiger partial charge in [-0.25, -0.2) is 15.6 Å². The van der Waals surface area contributed by atoms with Gasteiger partial charge < -0.3 is 9.47 Å². The number of hydrogen-bond donors (Lipinski definition) is 1. The van der Waals surface area contributed by atoms with Gasteiger partial charge in [-0.2, -0.15) is 0 Å². The molecule has 0 aliphatic carbocycles. The van der Waals surface area contributed by atoms with Crippen molar-refractivity contribution >= 4 is 6.09 Å². The van der Waals surface area contributed by atoms with E-state index in [1.54, 1.807) is 20.8 Å². The molecule has 0 atom stereocenters. The standard InChI is InChI=1S/C19H24N2O3/c1-19(2,3)24-18(22)21(20)13-15-9-11-17(12-10-15)23-14-16-7-5-4-6-8-16/h4-12H,13-14,20H2,1-3H3. The Morgan fingerprint density at radius 1 is 1.00 bits per heavy atom. The van der Waals surface area contributed by atoms with Crippen molar-refractivity contribution in [3.05, 3.63) is 65.7 Å². The van der Waals surface area contributed by atoms with Crippen LogP contribution in [0.2, 0.25) is 0 Å². The maximum atomic E-state index is 11.8. The summed E-state index contributed by atoms with van der Waals surface area (Å²) in [5, 5.41) is 1.06. The fraction of sp³-hybridized carbons (Fsp3) is 0.316. The Bertz CT molecular complexity index is 649. The number of nitrogens with zero attached hydrogens (tertiary/aromatic N) is 1. The molecule has 0 bridgehead atoms. The maximum Gasteiger partial charge on any atom is 0.424 e. The van der Waals surface area contributed by atoms with Gasteiger partial charge >= 0.3 is 6.09 Å². The highest BCUT2D eigenvalue weighted by Crippen LogP contribution is 2.16. The first-order valence-electron chi connectivity index (χ1n) is 7.84. The molecular weight excluding hydrogens is 304 g/mol. The highest BCUT2D eigenvalue weighted by Gasteiger charge is 2.20. The molecule has 5 nitrogen and oxygen atoms in total. The zero-order valence-electron chi connectivity index (χ0n) is 14.4. The van der Waals surface area contributed by atoms with Gasteiger partial charge in [0.15, 0.2) is 0 Å². The van der Waals surface area contributed by atoms with Crippen molar-refractivity contribution in [2.24, 2.45) is 5.84 Å². The number of hydrogen-bond acceptors (Lipinski definition) is 4. The molecule has 0 aromatic heterocycles. The highest BCUT2D eigenvalue weighted by atomic mass is 16.6. The average Bonchev–Trinajstić information content (AvgIpc) is 2.53. The number of rotatable bonds is 5. The van der Waals surface area contributed by atoms with E-state index in [2.05, 4.69) is 0 Å². The third kappa shape index (κ3) is 5.93. The molecule has 0 unspecified atom stereocenters. The minimum absolute atomic E-state index is 0.272. The van der Waals surface area contributed by atoms with Crippen LogP contribution in [0.1, 0.15) is 31.9 Å². The number of nitrogens with two attached hydrogens (primary N) is 1. The first kappa shape index (κ1) is 17.8. The summed E-state index contributed by atoms with van der Waals surface area (Å²) in [5.41, 5.74) is 1.44. The molecule has 0 heterocycles. The quantitative estimate of drug-likeness (QED) is 0.514. The van der Waals surface area contributed by atoms with E-state index in [4.69, 9.17) is 15.3 Å². The Morgan fingerprint density at radius 3 is 2.21 bits per heavy atom. The number of amides is 1. The third-order valence-corrected chi connectivity index (χ3v) is 3.15. The Hall–Kier alpha value is -2.53. The van der Waals surface area contributed by atoms with Gasteiger partial charge in [0, 0.05) is 0 Å². The molecule has 128 valence electrons. The second-order valence-corrected chi connectivity index (χ2v) is 6.53. The molecule has 1 amide bonds. The van der Waals surface area contributed by atoms with Crippen LogP contribution in [-0.4, -0.2) is 16.7 Å². The molecule has 0 fully saturated rings. The van der Waals surface area contributed by atoms with E-state index in [1.807, 2.05) is 54.6 Å². The molecule has 0 radical (unpaired) electrons. The minimum Gasteiger partial charge on any atom is -0.489 e. The molecule has 0 aliphatic rings. The van der Waals surface area contributed by atoms with Crippen LogP contribution in [0.25, 0.3) is 0 Å². The van der Waals surface area contributed by atoms with E-state index >= 15 is 0 Å². The Labute approximate surface area is 143 Å². The summed E-state index contributed by atoms with van der Waals surface area (Å²) in [6, 6.07) is 17.4. The summed E-state index contributed by atoms with van der Waals surface area (Å²) >= 11 is 0. The highest BCUT2D eigenvalue weighted by molar-refractivity contribution is 5.67. The van der Waals surface area contributed by atoms with E-state index in [0.29, 0.717) is 6.61 Å². The van der Waals surface area contributed by atoms with Crippen molar-refractivity contribution in [3.8, 4) is 5.75 Å². The Balaban J connectivity index is 1.86. The van der Waals surface area contributed by atoms with E-state index in [1.165, 1.54) is 0 Å². The topological polar surface area (TPSA) is 64.8 Å². The van der Waals surface area contributed by atoms with Gasteiger partial charge in [0.25, 0.3) is 0 Å². The zero-order chi connectivity index (χ0) is 17.6. The molecule has 2 N–H and O–H groups in total. The smallest absolute Gasteiger partial charge is 0.424 e. The molecule has 24 heavy (non-hydrogen) atoms. The third-order valence-electron chi connectivity index (χ3n) is 3.15. The molecule has 2 aromatic rings. The van der Waals surface area contributed by atoms with Crippen LogP contribution in [0, 0.1) is 0 Å². The average molecular weight is 328 g/mol. The Kier molecular flexibility index (Phi) is 5.82. The van der Waals surface area contributed by atoms with Gasteiger partial charge in [0.05, 0.1) is 6.54 Å². The number of ether oxygens (including phenoxy) is 2. The van der Waals surface area contributed by atoms with Crippen LogP contribution in [0.15, 0.2) is 54.6 Å². The van der Waals surface area contributed by atoms with Crippen molar-refractivity contribution in [3.63, 3.8) is 0 Å². The van der Waals surface area contributed by atoms with Crippen LogP contribution >= 0.6 is 0 Å². The second kappa shape index (κ2) is 7.84. The summed E-state index contributed by atoms with van der Waals surface area (Å²) in [6.45, 7) is 6.20. The summed E-state index contributed by atoms with van der Waals surface area (Å²) in [7, 11) is 0. The summed E-state index contributed by atoms with van der Waals surface area (Å²) in [4.78, 5) is 11.8. The monoisotopic (exact) mass is 328 g/mol. The lowest BCUT2D eigenvalue weighted by Gasteiger charge is -2.24. The van der Waals surface area contributed by atoms with Crippen molar-refractivity contribution in [1.82, 2.24) is 5.01 Å². The number of benzene rings is 2. The van der Waals surface area contributed by atoms with Crippen LogP contribution < -0.4 is 10.6 Å². The summed E-state index contributed by atoms with van der Waals surface area (Å²) in [5.74, 6) is 6.52. The Morgan fingerprint density at radius 2 is 1.62 bits per heavy atom. The van der Waals surface area contributed by atoms with E-state index in [9.17, 15) is 4.79 Å². The molecule has 0 saturated carbocycles. The first-order chi connectivity index (χ1) is 11.3. The predicted molar refractivity (Wildman–Crippen MR) is 93.2 cm³/mol. The number of carbonyl (C=O) groups excluding carboxylic acids is 1. The van der Waals surface area contributed by atoms with Crippen LogP contribution in [-0.2, 0) is 17.9 Å². The lowest BCUT2D eigenvalue weighted by Crippen LogP contribution is -2.40. The van der Waals surface area contributed by atoms with Crippen molar-refractivity contribution in [2.45, 2.75) is 39.5 Å². The SMILES string of the molecule is CC(C)(C)OC(=O)N(N)Cc1ccc(OCc2ccccc2)cc1. The molecule has 0 saturated heterocycles. The lowest BCUT2D eigenvalue weighted by atomic mass is 10.2. The molecule has 2 rings (SSSR count). The molecular formula is C19H24N2O3. The number of hydrazine groups is 1. The van der Waals surface area contributed by atoms with Gasteiger partial charge in [-0.05, 0) is 44.0 Å². The molecule has 2 aromatic carbocycles. The number of carbonyl (C=O) groups is 1. The minimum atomic E-state index is -0.566. The van der Waals surface area contributed by atoms with Gasteiger partial charge in [0.2, 0.25) is 0 Å². The van der Waals surface area contributed by atoms with Gasteiger partial charge in [0.1, 0.15) is 18.0 Å². The summed E-state index contributed by atoms with van der Waals surface area (Å²) in [6.07, 6.45) is -0.549. The van der Waals surface area contributed by atoms with Gasteiger partial charge in [-0.15, -0.1) is 0 Å². The van der Waals surface area contributed by atoms with Crippen LogP contribution in [0.4, 0.5) is 4.79 Å². The fourth-order valence-electron chi connectivity index (χ4n) is 2.01. The largest absolute Gasteiger partial charge is 0.489 e. The second-order valence-electron chi connectivity index (χ2n) is 6.53. The van der Waals surface area contributed by atoms with Crippen LogP contribution in [0.3, 0.4) is 0 Å². The molecule has 5 heteroatoms. The predicted octanol–water partition coefficient (Wildman–Crippen LogP) is 3.88.